The first-order valence-electron chi connectivity index (χ1n) is 8.04. The number of piperidine rings is 1. The van der Waals surface area contributed by atoms with Crippen LogP contribution in [0, 0.1) is 11.3 Å². The third kappa shape index (κ3) is 3.67. The molecule has 0 unspecified atom stereocenters. The first kappa shape index (κ1) is 14.6. The highest BCUT2D eigenvalue weighted by Crippen LogP contribution is 2.22. The molecule has 0 aromatic heterocycles. The van der Waals surface area contributed by atoms with Crippen LogP contribution in [0.5, 0.6) is 0 Å². The van der Waals surface area contributed by atoms with Crippen molar-refractivity contribution in [3.05, 3.63) is 35.4 Å². The molecule has 1 N–H and O–H groups in total. The number of carbonyl (C=O) groups excluding carboxylic acids is 1. The van der Waals surface area contributed by atoms with Gasteiger partial charge in [0.25, 0.3) is 5.91 Å². The molecule has 22 heavy (non-hydrogen) atoms. The normalized spacial score (nSPS) is 18.7. The van der Waals surface area contributed by atoms with Crippen molar-refractivity contribution in [2.45, 2.75) is 38.1 Å². The van der Waals surface area contributed by atoms with Crippen molar-refractivity contribution in [3.63, 3.8) is 0 Å². The molecule has 3 rings (SSSR count). The second-order valence-corrected chi connectivity index (χ2v) is 6.06. The van der Waals surface area contributed by atoms with Gasteiger partial charge in [0.2, 0.25) is 0 Å². The lowest BCUT2D eigenvalue weighted by molar-refractivity contribution is -0.117. The molecule has 1 heterocycles. The largest absolute Gasteiger partial charge is 0.372 e. The maximum atomic E-state index is 11.9. The minimum Gasteiger partial charge on any atom is -0.372 e. The number of benzene rings is 1. The molecule has 1 saturated heterocycles. The molecule has 0 bridgehead atoms. The van der Waals surface area contributed by atoms with Gasteiger partial charge in [-0.15, -0.1) is 0 Å². The average molecular weight is 295 g/mol. The number of hydrogen-bond acceptors (Lipinski definition) is 3. The smallest absolute Gasteiger partial charge is 0.262 e. The van der Waals surface area contributed by atoms with Crippen LogP contribution in [0.15, 0.2) is 29.8 Å². The molecule has 1 saturated carbocycles. The van der Waals surface area contributed by atoms with Crippen LogP contribution in [-0.2, 0) is 4.79 Å². The Morgan fingerprint density at radius 2 is 1.86 bits per heavy atom. The number of anilines is 1. The summed E-state index contributed by atoms with van der Waals surface area (Å²) in [5.74, 6) is -0.259. The van der Waals surface area contributed by atoms with Gasteiger partial charge in [-0.05, 0) is 55.9 Å². The first-order chi connectivity index (χ1) is 10.8. The molecule has 1 aliphatic carbocycles. The van der Waals surface area contributed by atoms with Crippen LogP contribution >= 0.6 is 0 Å². The Bertz CT molecular complexity index is 602. The van der Waals surface area contributed by atoms with Crippen LogP contribution in [0.1, 0.15) is 37.7 Å². The SMILES string of the molecule is N#C/C(=C\c1ccc(N2CCCCC2)cc1)C(=O)NC1CC1. The Hall–Kier alpha value is -2.28. The van der Waals surface area contributed by atoms with Gasteiger partial charge in [-0.25, -0.2) is 0 Å². The van der Waals surface area contributed by atoms with E-state index in [4.69, 9.17) is 5.26 Å². The van der Waals surface area contributed by atoms with Crippen molar-refractivity contribution < 1.29 is 4.79 Å². The Morgan fingerprint density at radius 3 is 2.45 bits per heavy atom. The van der Waals surface area contributed by atoms with E-state index in [-0.39, 0.29) is 17.5 Å². The minimum absolute atomic E-state index is 0.178. The van der Waals surface area contributed by atoms with E-state index >= 15 is 0 Å². The molecule has 4 nitrogen and oxygen atoms in total. The molecule has 114 valence electrons. The highest BCUT2D eigenvalue weighted by Gasteiger charge is 2.24. The van der Waals surface area contributed by atoms with Gasteiger partial charge in [-0.2, -0.15) is 5.26 Å². The molecule has 0 spiro atoms. The zero-order valence-corrected chi connectivity index (χ0v) is 12.7. The molecule has 1 aromatic rings. The highest BCUT2D eigenvalue weighted by molar-refractivity contribution is 6.02. The molecule has 0 atom stereocenters. The molecule has 1 aromatic carbocycles. The van der Waals surface area contributed by atoms with Gasteiger partial charge in [0.05, 0.1) is 0 Å². The molecule has 4 heteroatoms. The maximum absolute atomic E-state index is 11.9. The molecule has 2 fully saturated rings. The van der Waals surface area contributed by atoms with E-state index in [9.17, 15) is 4.79 Å². The minimum atomic E-state index is -0.259. The van der Waals surface area contributed by atoms with Crippen LogP contribution in [0.2, 0.25) is 0 Å². The number of hydrogen-bond donors (Lipinski definition) is 1. The molecule has 0 radical (unpaired) electrons. The van der Waals surface area contributed by atoms with Crippen LogP contribution in [0.25, 0.3) is 6.08 Å². The van der Waals surface area contributed by atoms with Crippen LogP contribution in [0.3, 0.4) is 0 Å². The van der Waals surface area contributed by atoms with E-state index in [1.807, 2.05) is 18.2 Å². The predicted octanol–water partition coefficient (Wildman–Crippen LogP) is 2.86. The number of amides is 1. The van der Waals surface area contributed by atoms with Gasteiger partial charge in [0, 0.05) is 24.8 Å². The number of carbonyl (C=O) groups is 1. The third-order valence-corrected chi connectivity index (χ3v) is 4.20. The van der Waals surface area contributed by atoms with E-state index in [1.54, 1.807) is 6.08 Å². The van der Waals surface area contributed by atoms with Crippen molar-refractivity contribution in [1.82, 2.24) is 5.32 Å². The number of nitrogens with one attached hydrogen (secondary N) is 1. The molecular weight excluding hydrogens is 274 g/mol. The Kier molecular flexibility index (Phi) is 4.43. The van der Waals surface area contributed by atoms with E-state index in [0.29, 0.717) is 0 Å². The van der Waals surface area contributed by atoms with Gasteiger partial charge < -0.3 is 10.2 Å². The fourth-order valence-corrected chi connectivity index (χ4v) is 2.74. The maximum Gasteiger partial charge on any atom is 0.262 e. The predicted molar refractivity (Wildman–Crippen MR) is 87.3 cm³/mol. The van der Waals surface area contributed by atoms with E-state index in [1.165, 1.54) is 24.9 Å². The van der Waals surface area contributed by atoms with E-state index in [0.717, 1.165) is 31.5 Å². The van der Waals surface area contributed by atoms with E-state index in [2.05, 4.69) is 22.3 Å². The lowest BCUT2D eigenvalue weighted by Gasteiger charge is -2.28. The average Bonchev–Trinajstić information content (AvgIpc) is 3.38. The van der Waals surface area contributed by atoms with Crippen molar-refractivity contribution in [1.29, 1.82) is 5.26 Å². The van der Waals surface area contributed by atoms with Gasteiger partial charge in [0.1, 0.15) is 11.6 Å². The van der Waals surface area contributed by atoms with E-state index < -0.39 is 0 Å². The summed E-state index contributed by atoms with van der Waals surface area (Å²) in [6.45, 7) is 2.23. The van der Waals surface area contributed by atoms with Crippen molar-refractivity contribution in [2.24, 2.45) is 0 Å². The zero-order chi connectivity index (χ0) is 15.4. The Balaban J connectivity index is 1.69. The Morgan fingerprint density at radius 1 is 1.18 bits per heavy atom. The van der Waals surface area contributed by atoms with Crippen molar-refractivity contribution in [2.75, 3.05) is 18.0 Å². The van der Waals surface area contributed by atoms with Gasteiger partial charge in [-0.1, -0.05) is 12.1 Å². The summed E-state index contributed by atoms with van der Waals surface area (Å²) in [7, 11) is 0. The Labute approximate surface area is 131 Å². The summed E-state index contributed by atoms with van der Waals surface area (Å²) in [5.41, 5.74) is 2.29. The molecule has 2 aliphatic rings. The lowest BCUT2D eigenvalue weighted by Crippen LogP contribution is -2.29. The summed E-state index contributed by atoms with van der Waals surface area (Å²) in [4.78, 5) is 14.3. The summed E-state index contributed by atoms with van der Waals surface area (Å²) in [6.07, 6.45) is 7.53. The fraction of sp³-hybridized carbons (Fsp3) is 0.444. The van der Waals surface area contributed by atoms with Gasteiger partial charge in [-0.3, -0.25) is 4.79 Å². The molecule has 1 aliphatic heterocycles. The lowest BCUT2D eigenvalue weighted by atomic mass is 10.1. The van der Waals surface area contributed by atoms with Crippen LogP contribution in [-0.4, -0.2) is 25.0 Å². The second kappa shape index (κ2) is 6.65. The summed E-state index contributed by atoms with van der Waals surface area (Å²) in [5, 5.41) is 12.0. The summed E-state index contributed by atoms with van der Waals surface area (Å²) in [6, 6.07) is 10.4. The summed E-state index contributed by atoms with van der Waals surface area (Å²) >= 11 is 0. The number of rotatable bonds is 4. The zero-order valence-electron chi connectivity index (χ0n) is 12.7. The van der Waals surface area contributed by atoms with Crippen molar-refractivity contribution >= 4 is 17.7 Å². The fourth-order valence-electron chi connectivity index (χ4n) is 2.74. The van der Waals surface area contributed by atoms with Gasteiger partial charge >= 0.3 is 0 Å². The van der Waals surface area contributed by atoms with Crippen LogP contribution in [0.4, 0.5) is 5.69 Å². The number of nitrogens with zero attached hydrogens (tertiary/aromatic N) is 2. The third-order valence-electron chi connectivity index (χ3n) is 4.20. The quantitative estimate of drug-likeness (QED) is 0.686. The van der Waals surface area contributed by atoms with Gasteiger partial charge in [0.15, 0.2) is 0 Å². The second-order valence-electron chi connectivity index (χ2n) is 6.06. The molecule has 1 amide bonds. The topological polar surface area (TPSA) is 56.1 Å². The summed E-state index contributed by atoms with van der Waals surface area (Å²) < 4.78 is 0. The highest BCUT2D eigenvalue weighted by atomic mass is 16.1. The molecular formula is C18H21N3O. The number of nitriles is 1. The monoisotopic (exact) mass is 295 g/mol. The standard InChI is InChI=1S/C18H21N3O/c19-13-15(18(22)20-16-6-7-16)12-14-4-8-17(9-5-14)21-10-2-1-3-11-21/h4-5,8-9,12,16H,1-3,6-7,10-11H2,(H,20,22)/b15-12+. The first-order valence-corrected chi connectivity index (χ1v) is 8.04. The van der Waals surface area contributed by atoms with Crippen molar-refractivity contribution in [3.8, 4) is 6.07 Å². The van der Waals surface area contributed by atoms with Crippen LogP contribution < -0.4 is 10.2 Å².